The van der Waals surface area contributed by atoms with Gasteiger partial charge in [-0.2, -0.15) is 0 Å². The first kappa shape index (κ1) is 57.1. The van der Waals surface area contributed by atoms with Gasteiger partial charge in [0.15, 0.2) is 10.8 Å². The number of benzene rings is 1. The quantitative estimate of drug-likeness (QED) is 0.0277. The lowest BCUT2D eigenvalue weighted by Crippen LogP contribution is -2.45. The molecule has 0 heterocycles. The fourth-order valence-electron chi connectivity index (χ4n) is 8.91. The summed E-state index contributed by atoms with van der Waals surface area (Å²) >= 11 is 0. The van der Waals surface area contributed by atoms with Crippen LogP contribution in [0.4, 0.5) is 0 Å². The number of carbonyl (C=O) groups is 4. The summed E-state index contributed by atoms with van der Waals surface area (Å²) in [5.41, 5.74) is -1.72. The zero-order chi connectivity index (χ0) is 45.6. The van der Waals surface area contributed by atoms with Crippen LogP contribution >= 0.6 is 0 Å². The van der Waals surface area contributed by atoms with Gasteiger partial charge in [0.2, 0.25) is 0 Å². The van der Waals surface area contributed by atoms with Gasteiger partial charge in [0.1, 0.15) is 0 Å². The Kier molecular flexibility index (Phi) is 34.5. The third-order valence-electron chi connectivity index (χ3n) is 12.7. The minimum absolute atomic E-state index is 0.0415. The van der Waals surface area contributed by atoms with E-state index in [4.69, 9.17) is 18.9 Å². The Labute approximate surface area is 380 Å². The lowest BCUT2D eigenvalue weighted by molar-refractivity contribution is -0.175. The van der Waals surface area contributed by atoms with E-state index in [1.807, 2.05) is 24.3 Å². The van der Waals surface area contributed by atoms with Gasteiger partial charge in [0.05, 0.1) is 26.4 Å². The van der Waals surface area contributed by atoms with Gasteiger partial charge >= 0.3 is 23.9 Å². The van der Waals surface area contributed by atoms with Crippen LogP contribution in [0.3, 0.4) is 0 Å². The first-order valence-electron chi connectivity index (χ1n) is 26.0. The van der Waals surface area contributed by atoms with Crippen LogP contribution in [0.1, 0.15) is 245 Å². The summed E-state index contributed by atoms with van der Waals surface area (Å²) in [7, 11) is 0. The fraction of sp³-hybridized carbons (Fsp3) is 0.815. The molecule has 62 heavy (non-hydrogen) atoms. The molecule has 1 aromatic rings. The van der Waals surface area contributed by atoms with E-state index in [0.29, 0.717) is 24.0 Å². The molecule has 0 saturated carbocycles. The van der Waals surface area contributed by atoms with Crippen molar-refractivity contribution >= 4 is 23.9 Å². The minimum atomic E-state index is -1.57. The van der Waals surface area contributed by atoms with Crippen molar-refractivity contribution in [1.82, 2.24) is 0 Å². The van der Waals surface area contributed by atoms with E-state index in [1.54, 1.807) is 27.7 Å². The molecule has 0 saturated heterocycles. The van der Waals surface area contributed by atoms with Gasteiger partial charge in [0.25, 0.3) is 0 Å². The Balaban J connectivity index is 3.12. The average Bonchev–Trinajstić information content (AvgIpc) is 3.26. The maximum atomic E-state index is 14.0. The van der Waals surface area contributed by atoms with Gasteiger partial charge in [-0.25, -0.2) is 0 Å². The molecule has 0 bridgehead atoms. The third-order valence-corrected chi connectivity index (χ3v) is 12.7. The first-order valence-corrected chi connectivity index (χ1v) is 26.0. The number of rotatable bonds is 42. The van der Waals surface area contributed by atoms with Crippen LogP contribution in [0.2, 0.25) is 0 Å². The summed E-state index contributed by atoms with van der Waals surface area (Å²) in [6.07, 6.45) is 34.3. The number of carbonyl (C=O) groups excluding carboxylic acids is 4. The number of hydrogen-bond acceptors (Lipinski definition) is 8. The molecule has 8 heteroatoms. The summed E-state index contributed by atoms with van der Waals surface area (Å²) in [5.74, 6) is -2.36. The van der Waals surface area contributed by atoms with Crippen molar-refractivity contribution in [1.29, 1.82) is 0 Å². The standard InChI is InChI=1S/C54H94O8/c1-7-13-15-17-19-21-23-25-27-29-31-33-35-39-43-53(49(55)59-9-3,50(56)60-10-4)45-47-41-37-38-42-48(47)46-54(51(57)61-11-5,52(58)62-12-6)44-40-36-34-32-30-28-26-24-22-20-18-16-14-8-2/h37-38,41-42H,7-36,39-40,43-46H2,1-6H3. The third kappa shape index (κ3) is 23.2. The Bertz CT molecular complexity index is 1160. The van der Waals surface area contributed by atoms with Crippen molar-refractivity contribution in [2.24, 2.45) is 10.8 Å². The fourth-order valence-corrected chi connectivity index (χ4v) is 8.91. The van der Waals surface area contributed by atoms with Crippen LogP contribution in [0.5, 0.6) is 0 Å². The lowest BCUT2D eigenvalue weighted by Gasteiger charge is -2.32. The predicted octanol–water partition coefficient (Wildman–Crippen LogP) is 14.7. The summed E-state index contributed by atoms with van der Waals surface area (Å²) in [4.78, 5) is 56.1. The highest BCUT2D eigenvalue weighted by Gasteiger charge is 2.51. The number of ether oxygens (including phenoxy) is 4. The van der Waals surface area contributed by atoms with E-state index in [-0.39, 0.29) is 52.1 Å². The molecule has 8 nitrogen and oxygen atoms in total. The van der Waals surface area contributed by atoms with Gasteiger partial charge in [-0.15, -0.1) is 0 Å². The van der Waals surface area contributed by atoms with Crippen molar-refractivity contribution in [2.45, 2.75) is 247 Å². The summed E-state index contributed by atoms with van der Waals surface area (Å²) in [6, 6.07) is 7.52. The molecule has 0 fully saturated rings. The molecule has 358 valence electrons. The van der Waals surface area contributed by atoms with E-state index in [1.165, 1.54) is 128 Å². The molecule has 1 aromatic carbocycles. The van der Waals surface area contributed by atoms with Gasteiger partial charge < -0.3 is 18.9 Å². The van der Waals surface area contributed by atoms with Crippen LogP contribution < -0.4 is 0 Å². The van der Waals surface area contributed by atoms with Crippen LogP contribution in [-0.2, 0) is 51.0 Å². The second-order valence-electron chi connectivity index (χ2n) is 17.9. The first-order chi connectivity index (χ1) is 30.2. The second kappa shape index (κ2) is 37.5. The molecule has 0 amide bonds. The van der Waals surface area contributed by atoms with Crippen molar-refractivity contribution in [3.05, 3.63) is 35.4 Å². The lowest BCUT2D eigenvalue weighted by atomic mass is 9.72. The number of unbranched alkanes of at least 4 members (excludes halogenated alkanes) is 26. The molecular formula is C54H94O8. The highest BCUT2D eigenvalue weighted by atomic mass is 16.6. The summed E-state index contributed by atoms with van der Waals surface area (Å²) in [5, 5.41) is 0. The van der Waals surface area contributed by atoms with Crippen LogP contribution in [0, 0.1) is 10.8 Å². The van der Waals surface area contributed by atoms with E-state index in [9.17, 15) is 19.2 Å². The SMILES string of the molecule is CCCCCCCCCCCCCCCCC(Cc1ccccc1CC(CCCCCCCCCCCCCCCC)(C(=O)OCC)C(=O)OCC)(C(=O)OCC)C(=O)OCC. The Hall–Kier alpha value is -2.90. The van der Waals surface area contributed by atoms with Crippen LogP contribution in [-0.4, -0.2) is 50.3 Å². The number of hydrogen-bond donors (Lipinski definition) is 0. The molecule has 0 N–H and O–H groups in total. The molecule has 0 aromatic heterocycles. The smallest absolute Gasteiger partial charge is 0.323 e. The van der Waals surface area contributed by atoms with Crippen molar-refractivity contribution in [2.75, 3.05) is 26.4 Å². The zero-order valence-electron chi connectivity index (χ0n) is 41.0. The van der Waals surface area contributed by atoms with Gasteiger partial charge in [0, 0.05) is 0 Å². The monoisotopic (exact) mass is 871 g/mol. The van der Waals surface area contributed by atoms with Gasteiger partial charge in [-0.1, -0.05) is 218 Å². The van der Waals surface area contributed by atoms with Gasteiger partial charge in [-0.05, 0) is 64.5 Å². The minimum Gasteiger partial charge on any atom is -0.465 e. The van der Waals surface area contributed by atoms with E-state index >= 15 is 0 Å². The topological polar surface area (TPSA) is 105 Å². The molecule has 1 rings (SSSR count). The predicted molar refractivity (Wildman–Crippen MR) is 255 cm³/mol. The summed E-state index contributed by atoms with van der Waals surface area (Å²) in [6.45, 7) is 12.0. The highest BCUT2D eigenvalue weighted by Crippen LogP contribution is 2.39. The Morgan fingerprint density at radius 2 is 0.548 bits per heavy atom. The molecule has 0 spiro atoms. The molecule has 0 atom stereocenters. The molecular weight excluding hydrogens is 777 g/mol. The van der Waals surface area contributed by atoms with Crippen molar-refractivity contribution in [3.8, 4) is 0 Å². The molecule has 0 radical (unpaired) electrons. The highest BCUT2D eigenvalue weighted by molar-refractivity contribution is 6.01. The van der Waals surface area contributed by atoms with Crippen molar-refractivity contribution < 1.29 is 38.1 Å². The zero-order valence-corrected chi connectivity index (χ0v) is 41.0. The normalized spacial score (nSPS) is 11.7. The van der Waals surface area contributed by atoms with E-state index in [2.05, 4.69) is 13.8 Å². The van der Waals surface area contributed by atoms with E-state index < -0.39 is 34.7 Å². The van der Waals surface area contributed by atoms with Crippen molar-refractivity contribution in [3.63, 3.8) is 0 Å². The molecule has 0 unspecified atom stereocenters. The molecule has 0 aliphatic heterocycles. The largest absolute Gasteiger partial charge is 0.465 e. The van der Waals surface area contributed by atoms with Crippen LogP contribution in [0.25, 0.3) is 0 Å². The summed E-state index contributed by atoms with van der Waals surface area (Å²) < 4.78 is 22.6. The Morgan fingerprint density at radius 1 is 0.339 bits per heavy atom. The molecule has 0 aliphatic rings. The van der Waals surface area contributed by atoms with Gasteiger partial charge in [-0.3, -0.25) is 19.2 Å². The second-order valence-corrected chi connectivity index (χ2v) is 17.9. The average molecular weight is 871 g/mol. The Morgan fingerprint density at radius 3 is 0.758 bits per heavy atom. The van der Waals surface area contributed by atoms with Crippen LogP contribution in [0.15, 0.2) is 24.3 Å². The van der Waals surface area contributed by atoms with E-state index in [0.717, 1.165) is 38.5 Å². The maximum absolute atomic E-state index is 14.0. The molecule has 0 aliphatic carbocycles. The number of esters is 4. The maximum Gasteiger partial charge on any atom is 0.323 e.